The first-order valence-corrected chi connectivity index (χ1v) is 21.5. The van der Waals surface area contributed by atoms with Crippen LogP contribution in [0.15, 0.2) is 0 Å². The zero-order valence-corrected chi connectivity index (χ0v) is 40.2. The number of alkyl halides is 1. The predicted molar refractivity (Wildman–Crippen MR) is 228 cm³/mol. The Hall–Kier alpha value is -3.72. The molecule has 0 amide bonds. The van der Waals surface area contributed by atoms with Gasteiger partial charge in [0.05, 0.1) is 89.9 Å². The number of cyclic esters (lactones) is 1. The van der Waals surface area contributed by atoms with Crippen molar-refractivity contribution in [2.24, 2.45) is 5.73 Å². The van der Waals surface area contributed by atoms with Crippen molar-refractivity contribution >= 4 is 103 Å². The molecule has 5 N–H and O–H groups in total. The molecule has 347 valence electrons. The van der Waals surface area contributed by atoms with Gasteiger partial charge < -0.3 is 44.7 Å². The third-order valence-electron chi connectivity index (χ3n) is 5.89. The van der Waals surface area contributed by atoms with Crippen LogP contribution in [0.2, 0.25) is 0 Å². The molecule has 4 heterocycles. The van der Waals surface area contributed by atoms with Crippen molar-refractivity contribution in [3.8, 4) is 0 Å². The van der Waals surface area contributed by atoms with Gasteiger partial charge in [-0.15, -0.1) is 34.0 Å². The van der Waals surface area contributed by atoms with Gasteiger partial charge in [0.25, 0.3) is 5.78 Å². The first-order chi connectivity index (χ1) is 28.2. The number of methoxy groups -OCH3 is 4. The molecule has 3 aromatic heterocycles. The number of aliphatic hydroxyl groups excluding tert-OH is 3. The number of ether oxygens (including phenoxy) is 5. The first-order valence-electron chi connectivity index (χ1n) is 16.7. The van der Waals surface area contributed by atoms with Gasteiger partial charge in [0, 0.05) is 35.8 Å². The van der Waals surface area contributed by atoms with E-state index in [1.807, 2.05) is 13.8 Å². The van der Waals surface area contributed by atoms with Crippen molar-refractivity contribution in [1.82, 2.24) is 15.0 Å². The van der Waals surface area contributed by atoms with Crippen LogP contribution in [0.4, 0.5) is 0 Å². The number of Topliss-reactive ketones (excluding diaryl/α,β-unsaturated/α-hetero) is 1. The molecular weight excluding hydrogens is 996 g/mol. The number of nitrogens with zero attached hydrogens (tertiary/aromatic N) is 3. The van der Waals surface area contributed by atoms with Crippen molar-refractivity contribution in [1.29, 1.82) is 0 Å². The number of thiocarbonyl (C=S) groups is 1. The van der Waals surface area contributed by atoms with Crippen molar-refractivity contribution < 1.29 is 90.3 Å². The molecule has 0 saturated carbocycles. The third-order valence-corrected chi connectivity index (χ3v) is 9.71. The fourth-order valence-electron chi connectivity index (χ4n) is 3.64. The van der Waals surface area contributed by atoms with Crippen LogP contribution in [-0.2, 0) is 91.2 Å². The van der Waals surface area contributed by atoms with Gasteiger partial charge in [-0.2, -0.15) is 0 Å². The molecule has 1 aliphatic rings. The number of aryl methyl sites for hydroxylation is 3. The van der Waals surface area contributed by atoms with E-state index in [-0.39, 0.29) is 51.8 Å². The normalized spacial score (nSPS) is 10.5. The number of esters is 5. The Bertz CT molecular complexity index is 1850. The van der Waals surface area contributed by atoms with E-state index in [2.05, 4.69) is 62.0 Å². The van der Waals surface area contributed by atoms with E-state index < -0.39 is 49.3 Å². The second-order valence-electron chi connectivity index (χ2n) is 10.5. The zero-order chi connectivity index (χ0) is 47.0. The summed E-state index contributed by atoms with van der Waals surface area (Å²) in [6.07, 6.45) is 1.28. The summed E-state index contributed by atoms with van der Waals surface area (Å²) in [6.45, 7) is 9.76. The van der Waals surface area contributed by atoms with E-state index in [9.17, 15) is 28.8 Å². The quantitative estimate of drug-likeness (QED) is 0.0565. The average molecular weight is 1050 g/mol. The topological polar surface area (TPSA) is 308 Å². The van der Waals surface area contributed by atoms with Crippen LogP contribution in [-0.4, -0.2) is 124 Å². The number of rotatable bonds is 10. The molecular formula is C35H53BrMnN4O16S4. The number of carbonyl (C=O) groups is 6. The zero-order valence-electron chi connectivity index (χ0n) is 34.2. The molecule has 0 spiro atoms. The fourth-order valence-corrected chi connectivity index (χ4v) is 6.83. The molecule has 0 saturated heterocycles. The van der Waals surface area contributed by atoms with Gasteiger partial charge in [-0.3, -0.25) is 14.4 Å². The molecule has 0 fully saturated rings. The Morgan fingerprint density at radius 3 is 1.82 bits per heavy atom. The van der Waals surface area contributed by atoms with Crippen LogP contribution in [0.25, 0.3) is 0 Å². The van der Waals surface area contributed by atoms with E-state index in [0.29, 0.717) is 39.3 Å². The Morgan fingerprint density at radius 1 is 0.885 bits per heavy atom. The molecule has 61 heavy (non-hydrogen) atoms. The third kappa shape index (κ3) is 29.3. The first kappa shape index (κ1) is 63.9. The number of hydrogen-bond donors (Lipinski definition) is 4. The van der Waals surface area contributed by atoms with Gasteiger partial charge in [0.15, 0.2) is 11.4 Å². The number of aromatic nitrogens is 3. The Morgan fingerprint density at radius 2 is 1.38 bits per heavy atom. The summed E-state index contributed by atoms with van der Waals surface area (Å²) in [5.74, 6) is -3.55. The molecule has 0 aliphatic carbocycles. The minimum atomic E-state index is -1.44. The van der Waals surface area contributed by atoms with Crippen LogP contribution in [0.5, 0.6) is 0 Å². The van der Waals surface area contributed by atoms with Gasteiger partial charge >= 0.3 is 52.3 Å². The monoisotopic (exact) mass is 1050 g/mol. The van der Waals surface area contributed by atoms with E-state index in [4.69, 9.17) is 33.5 Å². The van der Waals surface area contributed by atoms with Gasteiger partial charge in [0.2, 0.25) is 0 Å². The van der Waals surface area contributed by atoms with Crippen LogP contribution in [0, 0.1) is 20.8 Å². The number of thiazole rings is 3. The molecule has 26 heteroatoms. The van der Waals surface area contributed by atoms with Gasteiger partial charge in [-0.25, -0.2) is 29.3 Å². The Kier molecular flexibility index (Phi) is 39.8. The summed E-state index contributed by atoms with van der Waals surface area (Å²) in [6, 6.07) is 0. The molecule has 1 atom stereocenters. The fraction of sp³-hybridized carbons (Fsp3) is 0.543. The molecule has 0 radical (unpaired) electrons. The van der Waals surface area contributed by atoms with Crippen LogP contribution < -0.4 is 5.73 Å². The molecule has 0 aromatic carbocycles. The van der Waals surface area contributed by atoms with Gasteiger partial charge in [0.1, 0.15) is 0 Å². The number of ketones is 1. The molecule has 1 aliphatic heterocycles. The molecule has 0 bridgehead atoms. The van der Waals surface area contributed by atoms with Crippen molar-refractivity contribution in [3.05, 3.63) is 46.7 Å². The summed E-state index contributed by atoms with van der Waals surface area (Å²) >= 11 is 10.2. The second kappa shape index (κ2) is 38.0. The number of nitrogens with two attached hydrogens (primary N) is 1. The summed E-state index contributed by atoms with van der Waals surface area (Å²) in [5, 5.41) is 27.6. The maximum absolute atomic E-state index is 11.3. The standard InChI is InChI=1S/C9H11NO4S.C7H9BrO5.C7H7NO2S.C7H11NO2S.C2H5NS.C2H6O.CH4.Mn.2O/c1-5-10-8(9(12)14-3)6(15-5)4-7(11)13-2;1-12-5(9)3-4(8)6(10)7(11)13-2;1-4-8-6-5(11-4)2-3-10-7(6)9;1-5-8-6(4-10)7(11-5)2-3-9;1-2(3)4;1-2-3;;;;/h4H2,1-3H3;4H,3H2,1-2H3;2-3H2,1H3;9-10H,2-4H2,1H3;1H3,(H2,3,4);3H,2H2,1H3;1H4;;;. The van der Waals surface area contributed by atoms with Crippen molar-refractivity contribution in [3.63, 3.8) is 0 Å². The van der Waals surface area contributed by atoms with Crippen molar-refractivity contribution in [2.75, 3.05) is 48.3 Å². The van der Waals surface area contributed by atoms with Crippen LogP contribution in [0.1, 0.15) is 84.0 Å². The summed E-state index contributed by atoms with van der Waals surface area (Å²) in [7, 11) is 4.87. The van der Waals surface area contributed by atoms with Crippen LogP contribution >= 0.6 is 62.2 Å². The van der Waals surface area contributed by atoms with Gasteiger partial charge in [-0.05, 0) is 34.6 Å². The number of fused-ring (bicyclic) bond motifs is 1. The number of hydrogen-bond acceptors (Lipinski definition) is 23. The Balaban J connectivity index is -0.000000330. The van der Waals surface area contributed by atoms with Crippen molar-refractivity contribution in [2.45, 2.75) is 79.2 Å². The summed E-state index contributed by atoms with van der Waals surface area (Å²) in [4.78, 5) is 80.2. The number of halogens is 1. The summed E-state index contributed by atoms with van der Waals surface area (Å²) < 4.78 is 39.2. The number of aliphatic hydroxyl groups is 3. The van der Waals surface area contributed by atoms with E-state index >= 15 is 0 Å². The van der Waals surface area contributed by atoms with Crippen LogP contribution in [0.3, 0.4) is 0 Å². The summed E-state index contributed by atoms with van der Waals surface area (Å²) in [5.41, 5.74) is 6.28. The second-order valence-corrected chi connectivity index (χ2v) is 16.3. The minimum absolute atomic E-state index is 0. The average Bonchev–Trinajstić information content (AvgIpc) is 3.89. The van der Waals surface area contributed by atoms with E-state index in [0.717, 1.165) is 33.3 Å². The predicted octanol–water partition coefficient (Wildman–Crippen LogP) is 3.34. The van der Waals surface area contributed by atoms with Gasteiger partial charge in [-0.1, -0.05) is 35.6 Å². The molecule has 3 aromatic rings. The molecule has 1 unspecified atom stereocenters. The molecule has 20 nitrogen and oxygen atoms in total. The Labute approximate surface area is 385 Å². The maximum atomic E-state index is 11.3. The molecule has 4 rings (SSSR count). The SMILES string of the molecule is C.CC(N)=S.CCO.COC(=O)CC(Br)C(=O)C(=O)OC.COC(=O)Cc1sc(C)nc1C(=O)OC.Cc1nc(CO)c(CCO)s1.Cc1nc2c(s1)CCOC2=O.[O]=[Mn]=[O]. The van der Waals surface area contributed by atoms with E-state index in [1.54, 1.807) is 32.1 Å². The van der Waals surface area contributed by atoms with E-state index in [1.165, 1.54) is 44.0 Å². The number of carbonyl (C=O) groups excluding carboxylic acids is 6.